The Balaban J connectivity index is 2.52. The number of nitrogens with two attached hydrogens (primary N) is 1. The minimum absolute atomic E-state index is 0.327. The Kier molecular flexibility index (Phi) is 4.59. The molecule has 0 aliphatic rings. The van der Waals surface area contributed by atoms with Crippen LogP contribution in [0.4, 0.5) is 0 Å². The first-order valence-electron chi connectivity index (χ1n) is 5.15. The van der Waals surface area contributed by atoms with Crippen molar-refractivity contribution < 1.29 is 0 Å². The number of pyridine rings is 1. The molecule has 3 nitrogen and oxygen atoms in total. The molecule has 2 aromatic rings. The third-order valence-electron chi connectivity index (χ3n) is 2.50. The largest absolute Gasteiger partial charge is 0.271 e. The lowest BCUT2D eigenvalue weighted by atomic mass is 10.0. The molecule has 1 aromatic carbocycles. The molecular weight excluding hydrogens is 337 g/mol. The van der Waals surface area contributed by atoms with E-state index in [4.69, 9.17) is 29.0 Å². The van der Waals surface area contributed by atoms with Gasteiger partial charge in [-0.3, -0.25) is 10.8 Å². The van der Waals surface area contributed by atoms with Crippen molar-refractivity contribution in [3.63, 3.8) is 0 Å². The lowest BCUT2D eigenvalue weighted by Crippen LogP contribution is -2.30. The van der Waals surface area contributed by atoms with E-state index in [-0.39, 0.29) is 6.04 Å². The smallest absolute Gasteiger partial charge is 0.0907 e. The summed E-state index contributed by atoms with van der Waals surface area (Å²) in [4.78, 5) is 4.31. The van der Waals surface area contributed by atoms with E-state index in [0.717, 1.165) is 15.7 Å². The van der Waals surface area contributed by atoms with Crippen LogP contribution in [0, 0.1) is 0 Å². The predicted octanol–water partition coefficient (Wildman–Crippen LogP) is 3.70. The fourth-order valence-electron chi connectivity index (χ4n) is 1.66. The second-order valence-corrected chi connectivity index (χ2v) is 5.33. The maximum absolute atomic E-state index is 6.17. The van der Waals surface area contributed by atoms with Crippen LogP contribution in [0.2, 0.25) is 10.0 Å². The third kappa shape index (κ3) is 2.84. The molecule has 0 amide bonds. The average molecular weight is 347 g/mol. The number of hydrogen-bond donors (Lipinski definition) is 2. The van der Waals surface area contributed by atoms with Gasteiger partial charge in [-0.05, 0) is 51.8 Å². The van der Waals surface area contributed by atoms with E-state index in [0.29, 0.717) is 10.0 Å². The topological polar surface area (TPSA) is 50.9 Å². The van der Waals surface area contributed by atoms with Crippen LogP contribution in [0.15, 0.2) is 41.0 Å². The predicted molar refractivity (Wildman–Crippen MR) is 77.6 cm³/mol. The van der Waals surface area contributed by atoms with Crippen molar-refractivity contribution >= 4 is 39.1 Å². The molecule has 0 saturated heterocycles. The van der Waals surface area contributed by atoms with Gasteiger partial charge in [0.05, 0.1) is 11.7 Å². The van der Waals surface area contributed by atoms with E-state index >= 15 is 0 Å². The van der Waals surface area contributed by atoms with Gasteiger partial charge < -0.3 is 0 Å². The fraction of sp³-hybridized carbons (Fsp3) is 0.0833. The zero-order valence-corrected chi connectivity index (χ0v) is 12.3. The number of halogens is 3. The molecule has 0 fully saturated rings. The maximum atomic E-state index is 6.17. The summed E-state index contributed by atoms with van der Waals surface area (Å²) in [7, 11) is 0. The summed E-state index contributed by atoms with van der Waals surface area (Å²) in [5, 5.41) is 1.18. The van der Waals surface area contributed by atoms with Gasteiger partial charge in [-0.25, -0.2) is 5.43 Å². The molecule has 0 spiro atoms. The highest BCUT2D eigenvalue weighted by Crippen LogP contribution is 2.32. The summed E-state index contributed by atoms with van der Waals surface area (Å²) in [6.45, 7) is 0. The van der Waals surface area contributed by atoms with Crippen LogP contribution < -0.4 is 11.3 Å². The number of rotatable bonds is 3. The summed E-state index contributed by atoms with van der Waals surface area (Å²) in [6, 6.07) is 8.64. The Bertz CT molecular complexity index is 563. The summed E-state index contributed by atoms with van der Waals surface area (Å²) in [5.41, 5.74) is 4.25. The standard InChI is InChI=1S/C12H10BrCl2N3/c13-9-2-1-5-17-12(9)11(18-16)8-6-7(14)3-4-10(8)15/h1-6,11,18H,16H2. The van der Waals surface area contributed by atoms with Gasteiger partial charge in [0.15, 0.2) is 0 Å². The van der Waals surface area contributed by atoms with Crippen molar-refractivity contribution in [1.29, 1.82) is 0 Å². The van der Waals surface area contributed by atoms with Crippen LogP contribution in [0.25, 0.3) is 0 Å². The van der Waals surface area contributed by atoms with Gasteiger partial charge in [0, 0.05) is 20.7 Å². The molecular formula is C12H10BrCl2N3. The molecule has 1 aromatic heterocycles. The summed E-state index contributed by atoms with van der Waals surface area (Å²) < 4.78 is 0.851. The summed E-state index contributed by atoms with van der Waals surface area (Å²) in [6.07, 6.45) is 1.70. The number of aromatic nitrogens is 1. The van der Waals surface area contributed by atoms with E-state index in [1.165, 1.54) is 0 Å². The molecule has 1 unspecified atom stereocenters. The van der Waals surface area contributed by atoms with E-state index in [9.17, 15) is 0 Å². The first kappa shape index (κ1) is 13.8. The molecule has 3 N–H and O–H groups in total. The zero-order chi connectivity index (χ0) is 13.1. The Labute approximate surface area is 123 Å². The normalized spacial score (nSPS) is 12.4. The van der Waals surface area contributed by atoms with Crippen molar-refractivity contribution in [1.82, 2.24) is 10.4 Å². The number of benzene rings is 1. The van der Waals surface area contributed by atoms with Gasteiger partial charge in [0.1, 0.15) is 0 Å². The highest BCUT2D eigenvalue weighted by Gasteiger charge is 2.19. The monoisotopic (exact) mass is 345 g/mol. The van der Waals surface area contributed by atoms with Gasteiger partial charge in [0.2, 0.25) is 0 Å². The van der Waals surface area contributed by atoms with Crippen LogP contribution in [-0.2, 0) is 0 Å². The number of hydrogen-bond acceptors (Lipinski definition) is 3. The number of nitrogens with one attached hydrogen (secondary N) is 1. The number of hydrazine groups is 1. The van der Waals surface area contributed by atoms with E-state index < -0.39 is 0 Å². The Hall–Kier alpha value is -0.650. The average Bonchev–Trinajstić information content (AvgIpc) is 2.36. The fourth-order valence-corrected chi connectivity index (χ4v) is 2.55. The zero-order valence-electron chi connectivity index (χ0n) is 9.20. The van der Waals surface area contributed by atoms with Crippen LogP contribution in [0.5, 0.6) is 0 Å². The minimum Gasteiger partial charge on any atom is -0.271 e. The van der Waals surface area contributed by atoms with Gasteiger partial charge in [-0.2, -0.15) is 0 Å². The van der Waals surface area contributed by atoms with Crippen LogP contribution >= 0.6 is 39.1 Å². The van der Waals surface area contributed by atoms with Crippen molar-refractivity contribution in [3.05, 3.63) is 62.3 Å². The SMILES string of the molecule is NNC(c1cc(Cl)ccc1Cl)c1ncccc1Br. The highest BCUT2D eigenvalue weighted by molar-refractivity contribution is 9.10. The minimum atomic E-state index is -0.327. The van der Waals surface area contributed by atoms with Gasteiger partial charge in [-0.15, -0.1) is 0 Å². The first-order chi connectivity index (χ1) is 8.63. The molecule has 1 atom stereocenters. The van der Waals surface area contributed by atoms with Crippen LogP contribution in [-0.4, -0.2) is 4.98 Å². The maximum Gasteiger partial charge on any atom is 0.0907 e. The number of nitrogens with zero attached hydrogens (tertiary/aromatic N) is 1. The molecule has 0 aliphatic carbocycles. The van der Waals surface area contributed by atoms with Crippen LogP contribution in [0.3, 0.4) is 0 Å². The second-order valence-electron chi connectivity index (χ2n) is 3.64. The van der Waals surface area contributed by atoms with Crippen molar-refractivity contribution in [2.75, 3.05) is 0 Å². The molecule has 6 heteroatoms. The Morgan fingerprint density at radius 2 is 2.06 bits per heavy atom. The Morgan fingerprint density at radius 3 is 2.72 bits per heavy atom. The summed E-state index contributed by atoms with van der Waals surface area (Å²) in [5.74, 6) is 5.61. The van der Waals surface area contributed by atoms with Crippen molar-refractivity contribution in [3.8, 4) is 0 Å². The summed E-state index contributed by atoms with van der Waals surface area (Å²) >= 11 is 15.6. The molecule has 0 aliphatic heterocycles. The lowest BCUT2D eigenvalue weighted by Gasteiger charge is -2.18. The molecule has 94 valence electrons. The molecule has 0 radical (unpaired) electrons. The molecule has 0 saturated carbocycles. The molecule has 18 heavy (non-hydrogen) atoms. The Morgan fingerprint density at radius 1 is 1.28 bits per heavy atom. The van der Waals surface area contributed by atoms with E-state index in [1.807, 2.05) is 12.1 Å². The van der Waals surface area contributed by atoms with Gasteiger partial charge in [-0.1, -0.05) is 23.2 Å². The van der Waals surface area contributed by atoms with Crippen molar-refractivity contribution in [2.24, 2.45) is 5.84 Å². The third-order valence-corrected chi connectivity index (χ3v) is 3.75. The molecule has 1 heterocycles. The quantitative estimate of drug-likeness (QED) is 0.658. The van der Waals surface area contributed by atoms with Crippen LogP contribution in [0.1, 0.15) is 17.3 Å². The lowest BCUT2D eigenvalue weighted by molar-refractivity contribution is 0.618. The second kappa shape index (κ2) is 5.99. The van der Waals surface area contributed by atoms with Gasteiger partial charge >= 0.3 is 0 Å². The van der Waals surface area contributed by atoms with Gasteiger partial charge in [0.25, 0.3) is 0 Å². The molecule has 2 rings (SSSR count). The van der Waals surface area contributed by atoms with Crippen molar-refractivity contribution in [2.45, 2.75) is 6.04 Å². The first-order valence-corrected chi connectivity index (χ1v) is 6.70. The molecule has 0 bridgehead atoms. The van der Waals surface area contributed by atoms with E-state index in [1.54, 1.807) is 24.4 Å². The van der Waals surface area contributed by atoms with E-state index in [2.05, 4.69) is 26.3 Å². The highest BCUT2D eigenvalue weighted by atomic mass is 79.9.